The molecule has 1 amide bonds. The highest BCUT2D eigenvalue weighted by atomic mass is 32.2. The van der Waals surface area contributed by atoms with Crippen molar-refractivity contribution in [3.05, 3.63) is 47.2 Å². The average molecular weight is 586 g/mol. The zero-order valence-electron chi connectivity index (χ0n) is 21.5. The van der Waals surface area contributed by atoms with Crippen molar-refractivity contribution < 1.29 is 26.1 Å². The molecule has 40 heavy (non-hydrogen) atoms. The number of nitrogens with zero attached hydrogens (tertiary/aromatic N) is 4. The van der Waals surface area contributed by atoms with Crippen LogP contribution in [0.4, 0.5) is 0 Å². The van der Waals surface area contributed by atoms with E-state index >= 15 is 0 Å². The van der Waals surface area contributed by atoms with Gasteiger partial charge in [0.1, 0.15) is 16.6 Å². The number of fused-ring (bicyclic) bond motifs is 2. The molecule has 0 radical (unpaired) electrons. The standard InChI is InChI=1S/C25H27N7O6S2/c1-3-16-4-6-19-17(11-16)12-23(27-19)40(35,36)31-8-9-32(18(14-31)5-7-22-29-38-39(34)30-22)25(33)24-28-20-10-15(2)26-13-21(20)37-24/h1,4,6,11-12,15,18,26-27H,5,7-10,13-14H2,2H3,(H,29,30). The SMILES string of the molecule is C#Cc1ccc2[nH]c(S(=O)(=O)N3CCN(C(=O)c4nc5c(o4)CNC(C)C5)C(CCC4=NS(=O)ON4)C3)cc2c1. The molecule has 5 heterocycles. The molecule has 3 aromatic rings. The van der Waals surface area contributed by atoms with Crippen molar-refractivity contribution in [2.24, 2.45) is 4.40 Å². The van der Waals surface area contributed by atoms with Crippen molar-refractivity contribution >= 4 is 43.9 Å². The first-order valence-corrected chi connectivity index (χ1v) is 15.2. The first-order chi connectivity index (χ1) is 19.2. The second-order valence-electron chi connectivity index (χ2n) is 9.95. The third-order valence-electron chi connectivity index (χ3n) is 7.29. The van der Waals surface area contributed by atoms with Gasteiger partial charge in [-0.3, -0.25) is 4.79 Å². The number of aromatic amines is 1. The fourth-order valence-electron chi connectivity index (χ4n) is 5.17. The number of aromatic nitrogens is 2. The monoisotopic (exact) mass is 585 g/mol. The predicted octanol–water partition coefficient (Wildman–Crippen LogP) is 0.979. The second-order valence-corrected chi connectivity index (χ2v) is 12.6. The molecule has 3 atom stereocenters. The lowest BCUT2D eigenvalue weighted by Gasteiger charge is -2.40. The molecule has 1 aromatic carbocycles. The van der Waals surface area contributed by atoms with E-state index in [1.165, 1.54) is 4.31 Å². The Kier molecular flexibility index (Phi) is 6.97. The summed E-state index contributed by atoms with van der Waals surface area (Å²) in [5, 5.41) is 4.02. The zero-order chi connectivity index (χ0) is 28.0. The number of sulfonamides is 1. The fraction of sp³-hybridized carbons (Fsp3) is 0.400. The third kappa shape index (κ3) is 5.04. The highest BCUT2D eigenvalue weighted by Crippen LogP contribution is 2.27. The Bertz CT molecular complexity index is 1690. The number of amidine groups is 1. The molecule has 13 nitrogen and oxygen atoms in total. The summed E-state index contributed by atoms with van der Waals surface area (Å²) in [5.41, 5.74) is 4.56. The molecule has 3 unspecified atom stereocenters. The van der Waals surface area contributed by atoms with Crippen molar-refractivity contribution in [2.45, 2.75) is 49.8 Å². The van der Waals surface area contributed by atoms with E-state index in [-0.39, 0.29) is 36.6 Å². The highest BCUT2D eigenvalue weighted by molar-refractivity contribution is 7.89. The van der Waals surface area contributed by atoms with Crippen LogP contribution in [0, 0.1) is 12.3 Å². The number of hydroxylamine groups is 1. The summed E-state index contributed by atoms with van der Waals surface area (Å²) in [7, 11) is -3.92. The number of amides is 1. The lowest BCUT2D eigenvalue weighted by atomic mass is 10.1. The summed E-state index contributed by atoms with van der Waals surface area (Å²) in [4.78, 5) is 22.6. The Morgan fingerprint density at radius 3 is 2.92 bits per heavy atom. The number of hydrogen-bond donors (Lipinski definition) is 3. The second kappa shape index (κ2) is 10.5. The van der Waals surface area contributed by atoms with Crippen molar-refractivity contribution in [1.29, 1.82) is 0 Å². The molecule has 3 N–H and O–H groups in total. The van der Waals surface area contributed by atoms with E-state index in [0.717, 1.165) is 5.69 Å². The molecule has 3 aliphatic heterocycles. The number of benzene rings is 1. The minimum Gasteiger partial charge on any atom is -0.436 e. The van der Waals surface area contributed by atoms with Gasteiger partial charge in [-0.15, -0.1) is 10.8 Å². The van der Waals surface area contributed by atoms with Gasteiger partial charge in [-0.1, -0.05) is 5.92 Å². The third-order valence-corrected chi connectivity index (χ3v) is 9.67. The van der Waals surface area contributed by atoms with E-state index in [0.29, 0.717) is 53.9 Å². The average Bonchev–Trinajstić information content (AvgIpc) is 3.68. The summed E-state index contributed by atoms with van der Waals surface area (Å²) in [6, 6.07) is 6.48. The molecule has 0 aliphatic carbocycles. The van der Waals surface area contributed by atoms with E-state index < -0.39 is 33.2 Å². The van der Waals surface area contributed by atoms with Crippen LogP contribution in [0.2, 0.25) is 0 Å². The van der Waals surface area contributed by atoms with Crippen molar-refractivity contribution in [3.63, 3.8) is 0 Å². The summed E-state index contributed by atoms with van der Waals surface area (Å²) in [6.45, 7) is 2.78. The van der Waals surface area contributed by atoms with Crippen LogP contribution in [0.5, 0.6) is 0 Å². The molecular formula is C25H27N7O6S2. The summed E-state index contributed by atoms with van der Waals surface area (Å²) in [5.74, 6) is 3.13. The van der Waals surface area contributed by atoms with Gasteiger partial charge >= 0.3 is 17.2 Å². The maximum absolute atomic E-state index is 13.7. The van der Waals surface area contributed by atoms with Crippen molar-refractivity contribution in [2.75, 3.05) is 19.6 Å². The summed E-state index contributed by atoms with van der Waals surface area (Å²) in [6.07, 6.45) is 6.77. The summed E-state index contributed by atoms with van der Waals surface area (Å²) < 4.78 is 54.7. The van der Waals surface area contributed by atoms with Gasteiger partial charge in [0.25, 0.3) is 15.9 Å². The Morgan fingerprint density at radius 1 is 1.30 bits per heavy atom. The van der Waals surface area contributed by atoms with Crippen LogP contribution in [-0.4, -0.2) is 75.3 Å². The van der Waals surface area contributed by atoms with Crippen LogP contribution >= 0.6 is 0 Å². The number of carbonyl (C=O) groups excluding carboxylic acids is 1. The van der Waals surface area contributed by atoms with Crippen LogP contribution in [-0.2, 0) is 38.5 Å². The van der Waals surface area contributed by atoms with E-state index in [1.54, 1.807) is 29.2 Å². The van der Waals surface area contributed by atoms with Crippen LogP contribution in [0.25, 0.3) is 10.9 Å². The molecule has 6 rings (SSSR count). The van der Waals surface area contributed by atoms with Crippen molar-refractivity contribution in [3.8, 4) is 12.3 Å². The highest BCUT2D eigenvalue weighted by Gasteiger charge is 2.39. The quantitative estimate of drug-likeness (QED) is 0.358. The molecule has 210 valence electrons. The smallest absolute Gasteiger partial charge is 0.310 e. The molecule has 1 fully saturated rings. The fourth-order valence-corrected chi connectivity index (χ4v) is 7.17. The number of hydrogen-bond acceptors (Lipinski definition) is 9. The predicted molar refractivity (Wildman–Crippen MR) is 145 cm³/mol. The number of piperazine rings is 1. The number of oxazole rings is 1. The van der Waals surface area contributed by atoms with Gasteiger partial charge in [0.2, 0.25) is 0 Å². The lowest BCUT2D eigenvalue weighted by Crippen LogP contribution is -2.56. The number of terminal acetylenes is 1. The van der Waals surface area contributed by atoms with Crippen molar-refractivity contribution in [1.82, 2.24) is 30.0 Å². The Balaban J connectivity index is 1.26. The molecule has 15 heteroatoms. The molecule has 1 saturated heterocycles. The van der Waals surface area contributed by atoms with Gasteiger partial charge in [0, 0.05) is 61.0 Å². The van der Waals surface area contributed by atoms with E-state index in [2.05, 4.69) is 31.1 Å². The molecule has 0 bridgehead atoms. The molecule has 0 saturated carbocycles. The maximum atomic E-state index is 13.7. The minimum absolute atomic E-state index is 0.0112. The van der Waals surface area contributed by atoms with Crippen LogP contribution < -0.4 is 10.8 Å². The van der Waals surface area contributed by atoms with Gasteiger partial charge < -0.3 is 19.6 Å². The molecule has 2 aromatic heterocycles. The van der Waals surface area contributed by atoms with Gasteiger partial charge in [0.15, 0.2) is 0 Å². The molecule has 3 aliphatic rings. The van der Waals surface area contributed by atoms with Gasteiger partial charge in [-0.2, -0.15) is 8.59 Å². The molecular weight excluding hydrogens is 558 g/mol. The topological polar surface area (TPSA) is 162 Å². The van der Waals surface area contributed by atoms with E-state index in [9.17, 15) is 17.4 Å². The van der Waals surface area contributed by atoms with Gasteiger partial charge in [-0.25, -0.2) is 23.1 Å². The minimum atomic E-state index is -3.92. The zero-order valence-corrected chi connectivity index (χ0v) is 23.2. The number of rotatable bonds is 6. The first kappa shape index (κ1) is 26.7. The lowest BCUT2D eigenvalue weighted by molar-refractivity contribution is 0.0512. The Hall–Kier alpha value is -3.55. The van der Waals surface area contributed by atoms with Crippen LogP contribution in [0.1, 0.15) is 47.5 Å². The normalized spacial score (nSPS) is 23.4. The number of H-pyrrole nitrogens is 1. The summed E-state index contributed by atoms with van der Waals surface area (Å²) >= 11 is -1.82. The van der Waals surface area contributed by atoms with E-state index in [4.69, 9.17) is 15.1 Å². The maximum Gasteiger partial charge on any atom is 0.310 e. The van der Waals surface area contributed by atoms with Gasteiger partial charge in [-0.05, 0) is 37.6 Å². The van der Waals surface area contributed by atoms with E-state index in [1.807, 2.05) is 6.92 Å². The van der Waals surface area contributed by atoms with Gasteiger partial charge in [0.05, 0.1) is 12.2 Å². The number of carbonyl (C=O) groups is 1. The molecule has 0 spiro atoms. The Labute approximate surface area is 233 Å². The first-order valence-electron chi connectivity index (χ1n) is 12.8. The van der Waals surface area contributed by atoms with Crippen LogP contribution in [0.15, 0.2) is 38.1 Å². The Morgan fingerprint density at radius 2 is 2.15 bits per heavy atom. The number of nitrogens with one attached hydrogen (secondary N) is 3. The largest absolute Gasteiger partial charge is 0.436 e. The van der Waals surface area contributed by atoms with Crippen LogP contribution in [0.3, 0.4) is 0 Å².